The van der Waals surface area contributed by atoms with Gasteiger partial charge in [-0.1, -0.05) is 54.0 Å². The van der Waals surface area contributed by atoms with E-state index in [2.05, 4.69) is 63.3 Å². The van der Waals surface area contributed by atoms with Gasteiger partial charge in [0.1, 0.15) is 13.8 Å². The fourth-order valence-corrected chi connectivity index (χ4v) is 10.00. The predicted molar refractivity (Wildman–Crippen MR) is 112 cm³/mol. The maximum atomic E-state index is 12.5. The fraction of sp³-hybridized carbons (Fsp3) is 0.636. The van der Waals surface area contributed by atoms with Gasteiger partial charge in [0.15, 0.2) is 0 Å². The van der Waals surface area contributed by atoms with Crippen molar-refractivity contribution in [3.8, 4) is 11.5 Å². The molecule has 1 aliphatic carbocycles. The summed E-state index contributed by atoms with van der Waals surface area (Å²) in [7, 11) is -1.71. The topological polar surface area (TPSA) is 42.0 Å². The van der Waals surface area contributed by atoms with Gasteiger partial charge in [-0.05, 0) is 41.6 Å². The molecule has 0 aromatic carbocycles. The van der Waals surface area contributed by atoms with Crippen molar-refractivity contribution in [1.29, 1.82) is 0 Å². The number of amides is 1. The highest BCUT2D eigenvalue weighted by atomic mass is 28.3. The molecule has 142 valence electrons. The molecule has 1 N–H and O–H groups in total. The second-order valence-corrected chi connectivity index (χ2v) is 14.1. The average molecular weight is 371 g/mol. The second kappa shape index (κ2) is 8.86. The SMILES string of the molecule is CC(C)[Si](C#CC1CCCC1NC(=O)c1ccccn1)(C(C)C)C(C)C. The second-order valence-electron chi connectivity index (χ2n) is 8.50. The molecule has 4 heteroatoms. The molecule has 2 unspecified atom stereocenters. The van der Waals surface area contributed by atoms with Crippen LogP contribution in [0.5, 0.6) is 0 Å². The van der Waals surface area contributed by atoms with Crippen LogP contribution in [0.3, 0.4) is 0 Å². The van der Waals surface area contributed by atoms with Crippen LogP contribution in [-0.4, -0.2) is 25.0 Å². The van der Waals surface area contributed by atoms with Crippen LogP contribution < -0.4 is 5.32 Å². The van der Waals surface area contributed by atoms with E-state index in [0.717, 1.165) is 19.3 Å². The number of rotatable bonds is 5. The molecule has 0 aliphatic heterocycles. The van der Waals surface area contributed by atoms with Gasteiger partial charge >= 0.3 is 0 Å². The van der Waals surface area contributed by atoms with Crippen LogP contribution >= 0.6 is 0 Å². The van der Waals surface area contributed by atoms with E-state index in [1.54, 1.807) is 12.3 Å². The lowest BCUT2D eigenvalue weighted by atomic mass is 10.0. The van der Waals surface area contributed by atoms with Crippen LogP contribution in [-0.2, 0) is 0 Å². The highest BCUT2D eigenvalue weighted by Crippen LogP contribution is 2.41. The van der Waals surface area contributed by atoms with Crippen molar-refractivity contribution >= 4 is 14.0 Å². The minimum Gasteiger partial charge on any atom is -0.347 e. The zero-order chi connectivity index (χ0) is 19.3. The number of carbonyl (C=O) groups is 1. The number of hydrogen-bond acceptors (Lipinski definition) is 2. The number of aromatic nitrogens is 1. The van der Waals surface area contributed by atoms with Crippen LogP contribution in [0.25, 0.3) is 0 Å². The zero-order valence-electron chi connectivity index (χ0n) is 17.2. The highest BCUT2D eigenvalue weighted by molar-refractivity contribution is 6.90. The number of nitrogens with zero attached hydrogens (tertiary/aromatic N) is 1. The molecular weight excluding hydrogens is 336 g/mol. The van der Waals surface area contributed by atoms with Crippen LogP contribution in [0.4, 0.5) is 0 Å². The van der Waals surface area contributed by atoms with Gasteiger partial charge in [0, 0.05) is 18.2 Å². The van der Waals surface area contributed by atoms with Gasteiger partial charge in [0.25, 0.3) is 5.91 Å². The van der Waals surface area contributed by atoms with Gasteiger partial charge < -0.3 is 5.32 Å². The van der Waals surface area contributed by atoms with E-state index < -0.39 is 8.07 Å². The summed E-state index contributed by atoms with van der Waals surface area (Å²) in [6.45, 7) is 14.1. The Labute approximate surface area is 160 Å². The molecule has 26 heavy (non-hydrogen) atoms. The summed E-state index contributed by atoms with van der Waals surface area (Å²) in [4.78, 5) is 16.6. The highest BCUT2D eigenvalue weighted by Gasteiger charge is 2.42. The fourth-order valence-electron chi connectivity index (χ4n) is 4.70. The van der Waals surface area contributed by atoms with Crippen LogP contribution in [0.2, 0.25) is 16.6 Å². The number of pyridine rings is 1. The first-order valence-electron chi connectivity index (χ1n) is 10.0. The lowest BCUT2D eigenvalue weighted by Gasteiger charge is -2.38. The quantitative estimate of drug-likeness (QED) is 0.571. The molecule has 2 rings (SSSR count). The largest absolute Gasteiger partial charge is 0.347 e. The van der Waals surface area contributed by atoms with E-state index in [9.17, 15) is 4.79 Å². The Balaban J connectivity index is 2.18. The molecule has 3 nitrogen and oxygen atoms in total. The van der Waals surface area contributed by atoms with E-state index in [1.165, 1.54) is 0 Å². The molecule has 1 aromatic heterocycles. The lowest BCUT2D eigenvalue weighted by Crippen LogP contribution is -2.44. The lowest BCUT2D eigenvalue weighted by molar-refractivity contribution is 0.0928. The van der Waals surface area contributed by atoms with Crippen LogP contribution in [0.15, 0.2) is 24.4 Å². The predicted octanol–water partition coefficient (Wildman–Crippen LogP) is 5.20. The van der Waals surface area contributed by atoms with E-state index in [1.807, 2.05) is 12.1 Å². The third kappa shape index (κ3) is 4.38. The summed E-state index contributed by atoms with van der Waals surface area (Å²) in [5.41, 5.74) is 6.24. The molecule has 1 fully saturated rings. The van der Waals surface area contributed by atoms with Crippen molar-refractivity contribution in [1.82, 2.24) is 10.3 Å². The maximum absolute atomic E-state index is 12.5. The first-order chi connectivity index (χ1) is 12.3. The number of hydrogen-bond donors (Lipinski definition) is 1. The van der Waals surface area contributed by atoms with E-state index in [0.29, 0.717) is 22.3 Å². The van der Waals surface area contributed by atoms with Crippen molar-refractivity contribution in [2.24, 2.45) is 5.92 Å². The summed E-state index contributed by atoms with van der Waals surface area (Å²) in [5.74, 6) is 3.84. The Morgan fingerprint density at radius 3 is 2.31 bits per heavy atom. The molecule has 2 atom stereocenters. The molecule has 0 bridgehead atoms. The number of carbonyl (C=O) groups excluding carboxylic acids is 1. The van der Waals surface area contributed by atoms with E-state index in [-0.39, 0.29) is 17.9 Å². The Morgan fingerprint density at radius 1 is 1.12 bits per heavy atom. The molecule has 1 saturated carbocycles. The summed E-state index contributed by atoms with van der Waals surface area (Å²) in [5, 5.41) is 3.18. The number of nitrogens with one attached hydrogen (secondary N) is 1. The van der Waals surface area contributed by atoms with E-state index >= 15 is 0 Å². The van der Waals surface area contributed by atoms with Gasteiger partial charge in [-0.25, -0.2) is 0 Å². The van der Waals surface area contributed by atoms with Gasteiger partial charge in [-0.15, -0.1) is 11.5 Å². The van der Waals surface area contributed by atoms with Crippen molar-refractivity contribution < 1.29 is 4.79 Å². The molecule has 0 spiro atoms. The maximum Gasteiger partial charge on any atom is 0.270 e. The van der Waals surface area contributed by atoms with Gasteiger partial charge in [0.05, 0.1) is 0 Å². The van der Waals surface area contributed by atoms with Crippen molar-refractivity contribution in [3.05, 3.63) is 30.1 Å². The Bertz CT molecular complexity index is 636. The third-order valence-electron chi connectivity index (χ3n) is 6.07. The molecule has 1 heterocycles. The molecule has 0 radical (unpaired) electrons. The summed E-state index contributed by atoms with van der Waals surface area (Å²) >= 11 is 0. The first kappa shape index (κ1) is 20.7. The van der Waals surface area contributed by atoms with E-state index in [4.69, 9.17) is 0 Å². The Hall–Kier alpha value is -1.60. The smallest absolute Gasteiger partial charge is 0.270 e. The summed E-state index contributed by atoms with van der Waals surface area (Å²) < 4.78 is 0. The van der Waals surface area contributed by atoms with Gasteiger partial charge in [-0.2, -0.15) is 0 Å². The van der Waals surface area contributed by atoms with Gasteiger partial charge in [0.2, 0.25) is 0 Å². The van der Waals surface area contributed by atoms with Crippen LogP contribution in [0.1, 0.15) is 71.3 Å². The average Bonchev–Trinajstić information content (AvgIpc) is 3.02. The van der Waals surface area contributed by atoms with Crippen molar-refractivity contribution in [3.63, 3.8) is 0 Å². The van der Waals surface area contributed by atoms with Gasteiger partial charge in [-0.3, -0.25) is 9.78 Å². The van der Waals surface area contributed by atoms with Crippen molar-refractivity contribution in [2.75, 3.05) is 0 Å². The minimum absolute atomic E-state index is 0.0793. The normalized spacial score (nSPS) is 20.3. The summed E-state index contributed by atoms with van der Waals surface area (Å²) in [6.07, 6.45) is 4.89. The molecule has 1 aromatic rings. The van der Waals surface area contributed by atoms with Crippen molar-refractivity contribution in [2.45, 2.75) is 83.5 Å². The third-order valence-corrected chi connectivity index (χ3v) is 12.4. The molecule has 0 saturated heterocycles. The monoisotopic (exact) mass is 370 g/mol. The Morgan fingerprint density at radius 2 is 1.77 bits per heavy atom. The first-order valence-corrected chi connectivity index (χ1v) is 12.3. The molecule has 1 amide bonds. The zero-order valence-corrected chi connectivity index (χ0v) is 18.2. The Kier molecular flexibility index (Phi) is 7.06. The molecule has 1 aliphatic rings. The van der Waals surface area contributed by atoms with Crippen LogP contribution in [0, 0.1) is 17.4 Å². The standard InChI is InChI=1S/C22H34N2OSi/c1-16(2)26(17(3)4,18(5)6)15-13-19-10-9-12-20(19)24-22(25)21-11-7-8-14-23-21/h7-8,11,14,16-20H,9-10,12H2,1-6H3,(H,24,25). The minimum atomic E-state index is -1.71. The molecular formula is C22H34N2OSi. The summed E-state index contributed by atoms with van der Waals surface area (Å²) in [6, 6.07) is 5.59.